The summed E-state index contributed by atoms with van der Waals surface area (Å²) in [6, 6.07) is 7.63. The average Bonchev–Trinajstić information content (AvgIpc) is 2.38. The number of nitrogens with one attached hydrogen (secondary N) is 1. The van der Waals surface area contributed by atoms with E-state index in [-0.39, 0.29) is 6.54 Å². The number of hydrogen-bond acceptors (Lipinski definition) is 4. The number of esters is 1. The maximum absolute atomic E-state index is 12.1. The molecule has 21 heavy (non-hydrogen) atoms. The van der Waals surface area contributed by atoms with Gasteiger partial charge in [0.25, 0.3) is 0 Å². The molecule has 0 aliphatic rings. The molecule has 0 aliphatic heterocycles. The van der Waals surface area contributed by atoms with Crippen molar-refractivity contribution in [2.24, 2.45) is 5.73 Å². The highest BCUT2D eigenvalue weighted by Gasteiger charge is 2.43. The number of benzene rings is 1. The second kappa shape index (κ2) is 7.07. The molecule has 1 aromatic rings. The number of carbonyl (C=O) groups excluding carboxylic acids is 2. The minimum atomic E-state index is -5.12. The number of carbonyl (C=O) groups is 2. The van der Waals surface area contributed by atoms with Crippen molar-refractivity contribution in [3.63, 3.8) is 0 Å². The van der Waals surface area contributed by atoms with Gasteiger partial charge in [0.15, 0.2) is 0 Å². The lowest BCUT2D eigenvalue weighted by Crippen LogP contribution is -2.50. The van der Waals surface area contributed by atoms with Crippen molar-refractivity contribution >= 4 is 11.9 Å². The summed E-state index contributed by atoms with van der Waals surface area (Å²) in [5.41, 5.74) is 5.92. The van der Waals surface area contributed by atoms with Crippen molar-refractivity contribution in [3.05, 3.63) is 35.9 Å². The van der Waals surface area contributed by atoms with E-state index in [1.54, 1.807) is 30.3 Å². The lowest BCUT2D eigenvalue weighted by molar-refractivity contribution is -0.205. The highest BCUT2D eigenvalue weighted by molar-refractivity contribution is 5.81. The SMILES string of the molecule is C[C@@H](OC(=O)C(F)(F)F)[C@H](NCc1ccccc1)C(N)=O. The molecule has 0 bridgehead atoms. The van der Waals surface area contributed by atoms with E-state index in [0.717, 1.165) is 12.5 Å². The summed E-state index contributed by atoms with van der Waals surface area (Å²) >= 11 is 0. The van der Waals surface area contributed by atoms with Crippen LogP contribution in [0.5, 0.6) is 0 Å². The molecule has 0 aliphatic carbocycles. The first-order valence-corrected chi connectivity index (χ1v) is 6.06. The highest BCUT2D eigenvalue weighted by atomic mass is 19.4. The Bertz CT molecular complexity index is 491. The van der Waals surface area contributed by atoms with Crippen LogP contribution < -0.4 is 11.1 Å². The van der Waals surface area contributed by atoms with Gasteiger partial charge in [-0.25, -0.2) is 4.79 Å². The van der Waals surface area contributed by atoms with E-state index in [2.05, 4.69) is 10.1 Å². The molecular formula is C13H15F3N2O3. The van der Waals surface area contributed by atoms with E-state index >= 15 is 0 Å². The van der Waals surface area contributed by atoms with Gasteiger partial charge in [0, 0.05) is 6.54 Å². The van der Waals surface area contributed by atoms with Gasteiger partial charge in [-0.3, -0.25) is 10.1 Å². The van der Waals surface area contributed by atoms with Crippen LogP contribution in [0.1, 0.15) is 12.5 Å². The van der Waals surface area contributed by atoms with E-state index in [1.165, 1.54) is 0 Å². The van der Waals surface area contributed by atoms with Gasteiger partial charge in [-0.2, -0.15) is 13.2 Å². The van der Waals surface area contributed by atoms with Crippen molar-refractivity contribution in [1.82, 2.24) is 5.32 Å². The maximum Gasteiger partial charge on any atom is 0.490 e. The molecule has 0 aromatic heterocycles. The lowest BCUT2D eigenvalue weighted by atomic mass is 10.1. The smallest absolute Gasteiger partial charge is 0.454 e. The molecule has 0 radical (unpaired) electrons. The number of primary amides is 1. The summed E-state index contributed by atoms with van der Waals surface area (Å²) in [7, 11) is 0. The van der Waals surface area contributed by atoms with E-state index in [9.17, 15) is 22.8 Å². The summed E-state index contributed by atoms with van der Waals surface area (Å²) < 4.78 is 40.5. The zero-order valence-electron chi connectivity index (χ0n) is 11.2. The molecule has 5 nitrogen and oxygen atoms in total. The fraction of sp³-hybridized carbons (Fsp3) is 0.385. The molecule has 1 amide bonds. The summed E-state index contributed by atoms with van der Waals surface area (Å²) in [5.74, 6) is -3.27. The Morgan fingerprint density at radius 3 is 2.33 bits per heavy atom. The van der Waals surface area contributed by atoms with Gasteiger partial charge in [0.05, 0.1) is 0 Å². The molecule has 8 heteroatoms. The predicted octanol–water partition coefficient (Wildman–Crippen LogP) is 1.12. The van der Waals surface area contributed by atoms with Crippen LogP contribution in [0, 0.1) is 0 Å². The number of halogens is 3. The van der Waals surface area contributed by atoms with E-state index < -0.39 is 30.2 Å². The largest absolute Gasteiger partial charge is 0.490 e. The molecular weight excluding hydrogens is 289 g/mol. The number of ether oxygens (including phenoxy) is 1. The third-order valence-corrected chi connectivity index (χ3v) is 2.67. The van der Waals surface area contributed by atoms with E-state index in [4.69, 9.17) is 5.73 Å². The summed E-state index contributed by atoms with van der Waals surface area (Å²) in [6.45, 7) is 1.36. The van der Waals surface area contributed by atoms with Gasteiger partial charge >= 0.3 is 12.1 Å². The number of nitrogens with two attached hydrogens (primary N) is 1. The van der Waals surface area contributed by atoms with Crippen LogP contribution in [0.4, 0.5) is 13.2 Å². The zero-order chi connectivity index (χ0) is 16.0. The van der Waals surface area contributed by atoms with Crippen LogP contribution in [0.2, 0.25) is 0 Å². The number of alkyl halides is 3. The maximum atomic E-state index is 12.1. The minimum Gasteiger partial charge on any atom is -0.454 e. The Kier molecular flexibility index (Phi) is 5.71. The molecule has 3 N–H and O–H groups in total. The van der Waals surface area contributed by atoms with Gasteiger partial charge in [-0.05, 0) is 12.5 Å². The van der Waals surface area contributed by atoms with Gasteiger partial charge in [0.1, 0.15) is 12.1 Å². The summed E-state index contributed by atoms with van der Waals surface area (Å²) in [4.78, 5) is 22.0. The van der Waals surface area contributed by atoms with Crippen molar-refractivity contribution < 1.29 is 27.5 Å². The van der Waals surface area contributed by atoms with Crippen LogP contribution in [0.25, 0.3) is 0 Å². The number of hydrogen-bond donors (Lipinski definition) is 2. The molecule has 0 unspecified atom stereocenters. The van der Waals surface area contributed by atoms with E-state index in [1.807, 2.05) is 0 Å². The molecule has 0 fully saturated rings. The highest BCUT2D eigenvalue weighted by Crippen LogP contribution is 2.18. The molecule has 116 valence electrons. The lowest BCUT2D eigenvalue weighted by Gasteiger charge is -2.23. The standard InChI is InChI=1S/C13H15F3N2O3/c1-8(21-12(20)13(14,15)16)10(11(17)19)18-7-9-5-3-2-4-6-9/h2-6,8,10,18H,7H2,1H3,(H2,17,19)/t8-,10+/m1/s1. The number of rotatable bonds is 6. The molecule has 1 aromatic carbocycles. The fourth-order valence-corrected chi connectivity index (χ4v) is 1.63. The Labute approximate surface area is 119 Å². The molecule has 2 atom stereocenters. The van der Waals surface area contributed by atoms with Crippen LogP contribution in [-0.2, 0) is 20.9 Å². The Morgan fingerprint density at radius 2 is 1.86 bits per heavy atom. The molecule has 1 rings (SSSR count). The topological polar surface area (TPSA) is 81.4 Å². The first kappa shape index (κ1) is 17.0. The van der Waals surface area contributed by atoms with Gasteiger partial charge < -0.3 is 10.5 Å². The molecule has 0 saturated heterocycles. The average molecular weight is 304 g/mol. The summed E-state index contributed by atoms with van der Waals surface area (Å²) in [5, 5.41) is 2.67. The van der Waals surface area contributed by atoms with Gasteiger partial charge in [-0.1, -0.05) is 30.3 Å². The van der Waals surface area contributed by atoms with Crippen molar-refractivity contribution in [1.29, 1.82) is 0 Å². The van der Waals surface area contributed by atoms with Crippen molar-refractivity contribution in [2.75, 3.05) is 0 Å². The third kappa shape index (κ3) is 5.42. The molecule has 0 saturated carbocycles. The molecule has 0 heterocycles. The quantitative estimate of drug-likeness (QED) is 0.772. The van der Waals surface area contributed by atoms with E-state index in [0.29, 0.717) is 0 Å². The monoisotopic (exact) mass is 304 g/mol. The van der Waals surface area contributed by atoms with Gasteiger partial charge in [0.2, 0.25) is 5.91 Å². The van der Waals surface area contributed by atoms with Crippen LogP contribution in [-0.4, -0.2) is 30.2 Å². The predicted molar refractivity (Wildman–Crippen MR) is 67.9 cm³/mol. The second-order valence-corrected chi connectivity index (χ2v) is 4.35. The van der Waals surface area contributed by atoms with Crippen LogP contribution in [0.15, 0.2) is 30.3 Å². The minimum absolute atomic E-state index is 0.197. The first-order chi connectivity index (χ1) is 9.71. The Balaban J connectivity index is 2.64. The zero-order valence-corrected chi connectivity index (χ0v) is 11.2. The molecule has 0 spiro atoms. The fourth-order valence-electron chi connectivity index (χ4n) is 1.63. The normalized spacial score (nSPS) is 14.3. The second-order valence-electron chi connectivity index (χ2n) is 4.35. The first-order valence-electron chi connectivity index (χ1n) is 6.06. The summed E-state index contributed by atoms with van der Waals surface area (Å²) in [6.07, 6.45) is -6.46. The Morgan fingerprint density at radius 1 is 1.29 bits per heavy atom. The van der Waals surface area contributed by atoms with Crippen LogP contribution in [0.3, 0.4) is 0 Å². The van der Waals surface area contributed by atoms with Crippen molar-refractivity contribution in [3.8, 4) is 0 Å². The van der Waals surface area contributed by atoms with Crippen LogP contribution >= 0.6 is 0 Å². The van der Waals surface area contributed by atoms with Gasteiger partial charge in [-0.15, -0.1) is 0 Å². The third-order valence-electron chi connectivity index (χ3n) is 2.67. The van der Waals surface area contributed by atoms with Crippen molar-refractivity contribution in [2.45, 2.75) is 31.8 Å². The Hall–Kier alpha value is -2.09. The number of amides is 1.